The SMILES string of the molecule is [C-]#[N+]c1c(N2CCC(N)CC2)nc(SCc2ccc(S(N)(=O)=O)cc2)c(C#N)c1CC. The smallest absolute Gasteiger partial charge is 0.238 e. The minimum atomic E-state index is -3.74. The van der Waals surface area contributed by atoms with Gasteiger partial charge in [0.25, 0.3) is 0 Å². The summed E-state index contributed by atoms with van der Waals surface area (Å²) in [6.07, 6.45) is 2.22. The van der Waals surface area contributed by atoms with Gasteiger partial charge >= 0.3 is 0 Å². The summed E-state index contributed by atoms with van der Waals surface area (Å²) in [7, 11) is -3.74. The van der Waals surface area contributed by atoms with Gasteiger partial charge in [-0.2, -0.15) is 5.26 Å². The van der Waals surface area contributed by atoms with Crippen molar-refractivity contribution in [2.45, 2.75) is 47.9 Å². The van der Waals surface area contributed by atoms with Crippen LogP contribution in [0, 0.1) is 17.9 Å². The van der Waals surface area contributed by atoms with Crippen LogP contribution in [0.15, 0.2) is 34.2 Å². The molecule has 1 fully saturated rings. The molecule has 8 nitrogen and oxygen atoms in total. The van der Waals surface area contributed by atoms with Crippen molar-refractivity contribution < 1.29 is 8.42 Å². The molecule has 3 rings (SSSR count). The molecule has 2 heterocycles. The van der Waals surface area contributed by atoms with Crippen molar-refractivity contribution in [3.05, 3.63) is 52.4 Å². The lowest BCUT2D eigenvalue weighted by molar-refractivity contribution is 0.498. The Hall–Kier alpha value is -2.63. The van der Waals surface area contributed by atoms with Crippen molar-refractivity contribution >= 4 is 33.3 Å². The van der Waals surface area contributed by atoms with Gasteiger partial charge in [-0.05, 0) is 42.5 Å². The summed E-state index contributed by atoms with van der Waals surface area (Å²) in [5.74, 6) is 1.11. The molecule has 0 radical (unpaired) electrons. The quantitative estimate of drug-likeness (QED) is 0.505. The molecule has 0 amide bonds. The third kappa shape index (κ3) is 5.17. The van der Waals surface area contributed by atoms with E-state index in [0.717, 1.165) is 31.5 Å². The number of sulfonamides is 1. The van der Waals surface area contributed by atoms with Crippen LogP contribution in [-0.4, -0.2) is 32.5 Å². The summed E-state index contributed by atoms with van der Waals surface area (Å²) in [6, 6.07) is 8.71. The maximum atomic E-state index is 11.4. The Morgan fingerprint density at radius 1 is 1.32 bits per heavy atom. The largest absolute Gasteiger partial charge is 0.365 e. The van der Waals surface area contributed by atoms with Gasteiger partial charge in [0.2, 0.25) is 15.7 Å². The standard InChI is InChI=1S/C21H24N6O2S2/c1-3-17-18(12-22)21(30-13-14-4-6-16(7-5-14)31(24,28)29)26-20(19(17)25-2)27-10-8-15(23)9-11-27/h4-7,15H,3,8-11,13,23H2,1H3,(H2,24,28,29). The Balaban J connectivity index is 1.94. The minimum Gasteiger partial charge on any atom is -0.365 e. The number of nitriles is 1. The molecule has 10 heteroatoms. The van der Waals surface area contributed by atoms with Gasteiger partial charge in [0.15, 0.2) is 0 Å². The first kappa shape index (κ1) is 23.0. The summed E-state index contributed by atoms with van der Waals surface area (Å²) in [5.41, 5.74) is 8.48. The summed E-state index contributed by atoms with van der Waals surface area (Å²) < 4.78 is 22.9. The molecular formula is C21H24N6O2S2. The molecule has 0 atom stereocenters. The number of hydrogen-bond donors (Lipinski definition) is 2. The van der Waals surface area contributed by atoms with Gasteiger partial charge in [-0.3, -0.25) is 0 Å². The van der Waals surface area contributed by atoms with Crippen molar-refractivity contribution in [2.24, 2.45) is 10.9 Å². The Morgan fingerprint density at radius 2 is 1.97 bits per heavy atom. The molecule has 1 aromatic heterocycles. The predicted octanol–water partition coefficient (Wildman–Crippen LogP) is 2.93. The van der Waals surface area contributed by atoms with E-state index >= 15 is 0 Å². The molecule has 1 aliphatic rings. The zero-order valence-electron chi connectivity index (χ0n) is 17.2. The lowest BCUT2D eigenvalue weighted by Gasteiger charge is -2.32. The second-order valence-electron chi connectivity index (χ2n) is 7.32. The first-order valence-corrected chi connectivity index (χ1v) is 12.4. The van der Waals surface area contributed by atoms with Crippen LogP contribution in [0.25, 0.3) is 4.85 Å². The van der Waals surface area contributed by atoms with Crippen molar-refractivity contribution in [3.63, 3.8) is 0 Å². The number of rotatable bonds is 6. The van der Waals surface area contributed by atoms with E-state index in [1.54, 1.807) is 12.1 Å². The second-order valence-corrected chi connectivity index (χ2v) is 9.85. The molecule has 0 unspecified atom stereocenters. The number of thioether (sulfide) groups is 1. The number of hydrogen-bond acceptors (Lipinski definition) is 7. The van der Waals surface area contributed by atoms with Gasteiger partial charge < -0.3 is 10.6 Å². The molecular weight excluding hydrogens is 432 g/mol. The number of aromatic nitrogens is 1. The summed E-state index contributed by atoms with van der Waals surface area (Å²) in [5, 5.41) is 15.5. The van der Waals surface area contributed by atoms with E-state index in [4.69, 9.17) is 22.4 Å². The number of nitrogens with zero attached hydrogens (tertiary/aromatic N) is 4. The minimum absolute atomic E-state index is 0.0531. The van der Waals surface area contributed by atoms with Crippen molar-refractivity contribution in [3.8, 4) is 6.07 Å². The molecule has 2 aromatic rings. The van der Waals surface area contributed by atoms with Crippen LogP contribution in [-0.2, 0) is 22.2 Å². The number of nitrogens with two attached hydrogens (primary N) is 2. The molecule has 162 valence electrons. The third-order valence-electron chi connectivity index (χ3n) is 5.26. The Bertz CT molecular complexity index is 1140. The first-order chi connectivity index (χ1) is 14.8. The average molecular weight is 457 g/mol. The van der Waals surface area contributed by atoms with Gasteiger partial charge in [0.1, 0.15) is 16.9 Å². The zero-order valence-corrected chi connectivity index (χ0v) is 18.8. The molecule has 4 N–H and O–H groups in total. The molecule has 1 aliphatic heterocycles. The van der Waals surface area contributed by atoms with Crippen LogP contribution >= 0.6 is 11.8 Å². The highest BCUT2D eigenvalue weighted by Crippen LogP contribution is 2.39. The van der Waals surface area contributed by atoms with E-state index in [1.807, 2.05) is 6.92 Å². The maximum Gasteiger partial charge on any atom is 0.238 e. The van der Waals surface area contributed by atoms with Crippen LogP contribution < -0.4 is 15.8 Å². The highest BCUT2D eigenvalue weighted by Gasteiger charge is 2.25. The van der Waals surface area contributed by atoms with Gasteiger partial charge in [-0.1, -0.05) is 19.1 Å². The fourth-order valence-corrected chi connectivity index (χ4v) is 5.00. The zero-order chi connectivity index (χ0) is 22.6. The highest BCUT2D eigenvalue weighted by molar-refractivity contribution is 7.98. The number of primary sulfonamides is 1. The summed E-state index contributed by atoms with van der Waals surface area (Å²) in [4.78, 5) is 10.6. The third-order valence-corrected chi connectivity index (χ3v) is 7.24. The van der Waals surface area contributed by atoms with Crippen LogP contribution in [0.1, 0.15) is 36.5 Å². The Morgan fingerprint density at radius 3 is 2.48 bits per heavy atom. The Kier molecular flexibility index (Phi) is 7.19. The van der Waals surface area contributed by atoms with Crippen molar-refractivity contribution in [2.75, 3.05) is 18.0 Å². The van der Waals surface area contributed by atoms with E-state index in [9.17, 15) is 13.7 Å². The average Bonchev–Trinajstić information content (AvgIpc) is 2.76. The number of piperidine rings is 1. The molecule has 31 heavy (non-hydrogen) atoms. The Labute approximate surface area is 187 Å². The van der Waals surface area contributed by atoms with Gasteiger partial charge in [-0.15, -0.1) is 11.8 Å². The van der Waals surface area contributed by atoms with E-state index in [2.05, 4.69) is 15.8 Å². The lowest BCUT2D eigenvalue weighted by atomic mass is 10.0. The summed E-state index contributed by atoms with van der Waals surface area (Å²) >= 11 is 1.40. The second kappa shape index (κ2) is 9.67. The van der Waals surface area contributed by atoms with Crippen LogP contribution in [0.3, 0.4) is 0 Å². The van der Waals surface area contributed by atoms with Crippen LogP contribution in [0.5, 0.6) is 0 Å². The summed E-state index contributed by atoms with van der Waals surface area (Å²) in [6.45, 7) is 11.1. The van der Waals surface area contributed by atoms with Crippen LogP contribution in [0.4, 0.5) is 11.5 Å². The van der Waals surface area contributed by atoms with E-state index < -0.39 is 10.0 Å². The molecule has 0 spiro atoms. The number of benzene rings is 1. The van der Waals surface area contributed by atoms with E-state index in [1.165, 1.54) is 23.9 Å². The maximum absolute atomic E-state index is 11.4. The predicted molar refractivity (Wildman–Crippen MR) is 121 cm³/mol. The molecule has 0 bridgehead atoms. The molecule has 0 saturated carbocycles. The molecule has 1 saturated heterocycles. The van der Waals surface area contributed by atoms with Gasteiger partial charge in [0, 0.05) is 24.9 Å². The normalized spacial score (nSPS) is 14.8. The highest BCUT2D eigenvalue weighted by atomic mass is 32.2. The fourth-order valence-electron chi connectivity index (χ4n) is 3.53. The first-order valence-electron chi connectivity index (χ1n) is 9.88. The van der Waals surface area contributed by atoms with Crippen molar-refractivity contribution in [1.29, 1.82) is 5.26 Å². The van der Waals surface area contributed by atoms with Gasteiger partial charge in [0.05, 0.1) is 17.0 Å². The van der Waals surface area contributed by atoms with E-state index in [-0.39, 0.29) is 10.9 Å². The van der Waals surface area contributed by atoms with Crippen molar-refractivity contribution in [1.82, 2.24) is 4.98 Å². The van der Waals surface area contributed by atoms with Gasteiger partial charge in [-0.25, -0.2) is 23.4 Å². The molecule has 1 aromatic carbocycles. The molecule has 0 aliphatic carbocycles. The van der Waals surface area contributed by atoms with E-state index in [0.29, 0.717) is 39.8 Å². The van der Waals surface area contributed by atoms with Crippen LogP contribution in [0.2, 0.25) is 0 Å². The fraction of sp³-hybridized carbons (Fsp3) is 0.381. The lowest BCUT2D eigenvalue weighted by Crippen LogP contribution is -2.40. The number of anilines is 1. The number of pyridine rings is 1. The monoisotopic (exact) mass is 456 g/mol. The topological polar surface area (TPSA) is 130 Å².